The molecule has 4 aromatic carbocycles. The van der Waals surface area contributed by atoms with E-state index in [1.807, 2.05) is 54.6 Å². The summed E-state index contributed by atoms with van der Waals surface area (Å²) < 4.78 is 18.7. The number of aliphatic hydroxyl groups excluding tert-OH is 1. The Kier molecular flexibility index (Phi) is 11.3. The summed E-state index contributed by atoms with van der Waals surface area (Å²) >= 11 is 0. The van der Waals surface area contributed by atoms with Crippen molar-refractivity contribution in [2.24, 2.45) is 0 Å². The Morgan fingerprint density at radius 2 is 1.55 bits per heavy atom. The molecule has 246 valence electrons. The minimum atomic E-state index is -0.501. The third kappa shape index (κ3) is 8.86. The van der Waals surface area contributed by atoms with Crippen LogP contribution in [-0.4, -0.2) is 55.0 Å². The van der Waals surface area contributed by atoms with Crippen LogP contribution in [0.3, 0.4) is 0 Å². The maximum atomic E-state index is 12.4. The summed E-state index contributed by atoms with van der Waals surface area (Å²) in [4.78, 5) is 14.9. The van der Waals surface area contributed by atoms with E-state index in [-0.39, 0.29) is 24.8 Å². The van der Waals surface area contributed by atoms with Crippen LogP contribution in [0.2, 0.25) is 0 Å². The third-order valence-electron chi connectivity index (χ3n) is 9.10. The van der Waals surface area contributed by atoms with Gasteiger partial charge in [-0.05, 0) is 58.8 Å². The highest BCUT2D eigenvalue weighted by Gasteiger charge is 2.35. The number of nitrogens with one attached hydrogen (secondary N) is 2. The number of nitrogens with zero attached hydrogens (tertiary/aromatic N) is 1. The summed E-state index contributed by atoms with van der Waals surface area (Å²) in [6.45, 7) is 3.56. The van der Waals surface area contributed by atoms with Gasteiger partial charge >= 0.3 is 6.03 Å². The molecule has 2 heterocycles. The molecule has 2 amide bonds. The molecule has 4 aromatic rings. The molecular weight excluding hydrogens is 590 g/mol. The van der Waals surface area contributed by atoms with Gasteiger partial charge in [-0.2, -0.15) is 0 Å². The summed E-state index contributed by atoms with van der Waals surface area (Å²) in [5.74, 6) is 0. The second-order valence-electron chi connectivity index (χ2n) is 12.4. The molecule has 2 saturated heterocycles. The summed E-state index contributed by atoms with van der Waals surface area (Å²) in [6, 6.07) is 34.7. The summed E-state index contributed by atoms with van der Waals surface area (Å²) in [7, 11) is 1.77. The van der Waals surface area contributed by atoms with Gasteiger partial charge in [0.15, 0.2) is 6.29 Å². The van der Waals surface area contributed by atoms with Crippen molar-refractivity contribution in [2.45, 2.75) is 63.5 Å². The van der Waals surface area contributed by atoms with E-state index in [2.05, 4.69) is 64.1 Å². The van der Waals surface area contributed by atoms with E-state index >= 15 is 0 Å². The molecule has 3 N–H and O–H groups in total. The molecule has 8 heteroatoms. The fourth-order valence-electron chi connectivity index (χ4n) is 6.53. The van der Waals surface area contributed by atoms with Crippen LogP contribution in [0.5, 0.6) is 0 Å². The number of likely N-dealkylation sites (tertiary alicyclic amines) is 1. The first-order valence-corrected chi connectivity index (χ1v) is 16.6. The van der Waals surface area contributed by atoms with Gasteiger partial charge in [-0.3, -0.25) is 4.90 Å². The van der Waals surface area contributed by atoms with Crippen molar-refractivity contribution in [3.63, 3.8) is 0 Å². The van der Waals surface area contributed by atoms with Crippen molar-refractivity contribution < 1.29 is 24.1 Å². The Morgan fingerprint density at radius 1 is 0.830 bits per heavy atom. The number of hydrogen-bond donors (Lipinski definition) is 3. The SMILES string of the molecule is COCC1CCCN1CC1CC(c2ccc(CO)cc2)OC(c2ccc(-c3cccc(CNC(=O)NCc4ccccc4)c3)cc2)O1. The highest BCUT2D eigenvalue weighted by Crippen LogP contribution is 2.39. The fourth-order valence-corrected chi connectivity index (χ4v) is 6.53. The van der Waals surface area contributed by atoms with Gasteiger partial charge in [0.25, 0.3) is 0 Å². The average Bonchev–Trinajstić information content (AvgIpc) is 3.56. The molecule has 6 rings (SSSR count). The molecular formula is C39H45N3O5. The van der Waals surface area contributed by atoms with E-state index < -0.39 is 6.29 Å². The topological polar surface area (TPSA) is 92.3 Å². The molecule has 4 unspecified atom stereocenters. The van der Waals surface area contributed by atoms with Crippen molar-refractivity contribution in [1.29, 1.82) is 0 Å². The van der Waals surface area contributed by atoms with Gasteiger partial charge in [-0.1, -0.05) is 97.1 Å². The number of urea groups is 1. The van der Waals surface area contributed by atoms with E-state index in [4.69, 9.17) is 14.2 Å². The Morgan fingerprint density at radius 3 is 2.30 bits per heavy atom. The van der Waals surface area contributed by atoms with Gasteiger partial charge in [0, 0.05) is 44.8 Å². The number of ether oxygens (including phenoxy) is 3. The Balaban J connectivity index is 1.11. The van der Waals surface area contributed by atoms with Crippen LogP contribution in [0.25, 0.3) is 11.1 Å². The van der Waals surface area contributed by atoms with Crippen molar-refractivity contribution in [2.75, 3.05) is 26.8 Å². The maximum absolute atomic E-state index is 12.4. The fraction of sp³-hybridized carbons (Fsp3) is 0.359. The number of hydrogen-bond acceptors (Lipinski definition) is 6. The number of carbonyl (C=O) groups excluding carboxylic acids is 1. The van der Waals surface area contributed by atoms with E-state index in [0.29, 0.717) is 19.1 Å². The zero-order valence-electron chi connectivity index (χ0n) is 27.0. The largest absolute Gasteiger partial charge is 0.392 e. The Hall–Kier alpha value is -4.05. The molecule has 2 fully saturated rings. The van der Waals surface area contributed by atoms with Crippen molar-refractivity contribution in [3.8, 4) is 11.1 Å². The Labute approximate surface area is 277 Å². The molecule has 2 aliphatic rings. The quantitative estimate of drug-likeness (QED) is 0.165. The van der Waals surface area contributed by atoms with Gasteiger partial charge < -0.3 is 30.0 Å². The van der Waals surface area contributed by atoms with E-state index in [1.54, 1.807) is 7.11 Å². The van der Waals surface area contributed by atoms with Crippen molar-refractivity contribution in [3.05, 3.63) is 131 Å². The van der Waals surface area contributed by atoms with Gasteiger partial charge in [-0.15, -0.1) is 0 Å². The summed E-state index contributed by atoms with van der Waals surface area (Å²) in [5, 5.41) is 15.4. The van der Waals surface area contributed by atoms with Crippen LogP contribution in [0, 0.1) is 0 Å². The monoisotopic (exact) mass is 635 g/mol. The first kappa shape index (κ1) is 32.9. The van der Waals surface area contributed by atoms with Crippen LogP contribution in [0.1, 0.15) is 59.5 Å². The van der Waals surface area contributed by atoms with E-state index in [1.165, 1.54) is 6.42 Å². The molecule has 0 saturated carbocycles. The van der Waals surface area contributed by atoms with Crippen LogP contribution < -0.4 is 10.6 Å². The van der Waals surface area contributed by atoms with Crippen molar-refractivity contribution in [1.82, 2.24) is 15.5 Å². The molecule has 0 aliphatic carbocycles. The standard InChI is InChI=1S/C39H45N3O5/c1-45-27-35-11-6-20-42(35)25-36-22-37(32-14-12-29(26-43)13-15-32)47-38(46-36)33-18-16-31(17-19-33)34-10-5-9-30(21-34)24-41-39(44)40-23-28-7-3-2-4-8-28/h2-5,7-10,12-19,21,35-38,43H,6,11,20,22-27H2,1H3,(H2,40,41,44). The number of methoxy groups -OCH3 is 1. The van der Waals surface area contributed by atoms with Crippen LogP contribution in [0.15, 0.2) is 103 Å². The first-order chi connectivity index (χ1) is 23.1. The van der Waals surface area contributed by atoms with Gasteiger partial charge in [0.05, 0.1) is 25.4 Å². The number of carbonyl (C=O) groups is 1. The molecule has 8 nitrogen and oxygen atoms in total. The zero-order chi connectivity index (χ0) is 32.4. The first-order valence-electron chi connectivity index (χ1n) is 16.6. The maximum Gasteiger partial charge on any atom is 0.315 e. The molecule has 4 atom stereocenters. The second kappa shape index (κ2) is 16.2. The number of aliphatic hydroxyl groups is 1. The lowest BCUT2D eigenvalue weighted by molar-refractivity contribution is -0.253. The summed E-state index contributed by atoms with van der Waals surface area (Å²) in [6.07, 6.45) is 2.46. The average molecular weight is 636 g/mol. The molecule has 0 spiro atoms. The predicted octanol–water partition coefficient (Wildman–Crippen LogP) is 6.50. The lowest BCUT2D eigenvalue weighted by Crippen LogP contribution is -2.42. The van der Waals surface area contributed by atoms with Crippen LogP contribution in [0.4, 0.5) is 4.79 Å². The minimum absolute atomic E-state index is 0.00229. The van der Waals surface area contributed by atoms with Gasteiger partial charge in [-0.25, -0.2) is 4.79 Å². The lowest BCUT2D eigenvalue weighted by atomic mass is 9.99. The van der Waals surface area contributed by atoms with E-state index in [0.717, 1.165) is 71.5 Å². The smallest absolute Gasteiger partial charge is 0.315 e. The minimum Gasteiger partial charge on any atom is -0.392 e. The zero-order valence-corrected chi connectivity index (χ0v) is 27.0. The normalized spacial score (nSPS) is 21.4. The molecule has 0 aromatic heterocycles. The highest BCUT2D eigenvalue weighted by atomic mass is 16.7. The molecule has 47 heavy (non-hydrogen) atoms. The predicted molar refractivity (Wildman–Crippen MR) is 182 cm³/mol. The number of amides is 2. The van der Waals surface area contributed by atoms with Gasteiger partial charge in [0.2, 0.25) is 0 Å². The van der Waals surface area contributed by atoms with Crippen LogP contribution in [-0.2, 0) is 33.9 Å². The summed E-state index contributed by atoms with van der Waals surface area (Å²) in [5.41, 5.74) is 7.17. The van der Waals surface area contributed by atoms with Crippen LogP contribution >= 0.6 is 0 Å². The second-order valence-corrected chi connectivity index (χ2v) is 12.4. The number of rotatable bonds is 12. The molecule has 0 bridgehead atoms. The molecule has 0 radical (unpaired) electrons. The Bertz CT molecular complexity index is 1560. The van der Waals surface area contributed by atoms with E-state index in [9.17, 15) is 9.90 Å². The lowest BCUT2D eigenvalue weighted by Gasteiger charge is -2.38. The van der Waals surface area contributed by atoms with Crippen molar-refractivity contribution >= 4 is 6.03 Å². The molecule has 2 aliphatic heterocycles. The van der Waals surface area contributed by atoms with Gasteiger partial charge in [0.1, 0.15) is 0 Å². The number of benzene rings is 4. The highest BCUT2D eigenvalue weighted by molar-refractivity contribution is 5.74. The third-order valence-corrected chi connectivity index (χ3v) is 9.10.